The zero-order valence-electron chi connectivity index (χ0n) is 31.0. The first kappa shape index (κ1) is 33.6. The third-order valence-electron chi connectivity index (χ3n) is 10.9. The van der Waals surface area contributed by atoms with Crippen LogP contribution in [0.4, 0.5) is 5.69 Å². The fraction of sp³-hybridized carbons (Fsp3) is 0. The van der Waals surface area contributed by atoms with Gasteiger partial charge in [-0.3, -0.25) is 0 Å². The number of benzene rings is 8. The molecule has 11 aromatic rings. The Morgan fingerprint density at radius 2 is 0.948 bits per heavy atom. The van der Waals surface area contributed by atoms with Gasteiger partial charge in [-0.1, -0.05) is 146 Å². The lowest BCUT2D eigenvalue weighted by molar-refractivity contribution is 1.06. The van der Waals surface area contributed by atoms with Crippen molar-refractivity contribution in [2.45, 2.75) is 0 Å². The van der Waals surface area contributed by atoms with Crippen molar-refractivity contribution in [2.75, 3.05) is 0 Å². The molecule has 0 aliphatic heterocycles. The Labute approximate surface area is 338 Å². The van der Waals surface area contributed by atoms with E-state index in [0.717, 1.165) is 66.4 Å². The van der Waals surface area contributed by atoms with Crippen LogP contribution in [0.2, 0.25) is 0 Å². The summed E-state index contributed by atoms with van der Waals surface area (Å²) in [6.07, 6.45) is 0. The fourth-order valence-corrected chi connectivity index (χ4v) is 9.15. The minimum absolute atomic E-state index is 0.587. The third-order valence-corrected chi connectivity index (χ3v) is 12.0. The Kier molecular flexibility index (Phi) is 7.99. The van der Waals surface area contributed by atoms with Gasteiger partial charge in [0.25, 0.3) is 0 Å². The van der Waals surface area contributed by atoms with Crippen molar-refractivity contribution < 1.29 is 0 Å². The zero-order valence-corrected chi connectivity index (χ0v) is 31.9. The highest BCUT2D eigenvalue weighted by Gasteiger charge is 2.21. The maximum Gasteiger partial charge on any atom is 0.187 e. The molecule has 58 heavy (non-hydrogen) atoms. The highest BCUT2D eigenvalue weighted by Crippen LogP contribution is 2.41. The standard InChI is InChI=1S/C52H31N5S/c1-53-39-25-20-33(21-26-39)38-22-27-41-40-16-8-10-18-45(40)57(47(41)32-38)46-28-23-36(37-24-29-49-43(30-37)42-17-9-11-19-48(42)58-49)31-44(46)52-55-50(34-12-4-2-5-13-34)54-51(56-52)35-14-6-3-7-15-35/h2-32H. The summed E-state index contributed by atoms with van der Waals surface area (Å²) in [6.45, 7) is 7.47. The van der Waals surface area contributed by atoms with E-state index in [1.807, 2.05) is 96.3 Å². The zero-order chi connectivity index (χ0) is 38.6. The molecule has 0 atom stereocenters. The van der Waals surface area contributed by atoms with E-state index in [2.05, 4.69) is 113 Å². The van der Waals surface area contributed by atoms with Gasteiger partial charge in [0.05, 0.1) is 23.3 Å². The first-order valence-corrected chi connectivity index (χ1v) is 19.9. The molecule has 0 fully saturated rings. The van der Waals surface area contributed by atoms with E-state index in [9.17, 15) is 0 Å². The van der Waals surface area contributed by atoms with E-state index < -0.39 is 0 Å². The van der Waals surface area contributed by atoms with Crippen molar-refractivity contribution >= 4 is 59.0 Å². The maximum absolute atomic E-state index is 7.47. The second-order valence-electron chi connectivity index (χ2n) is 14.3. The molecule has 0 saturated heterocycles. The molecule has 0 aliphatic carbocycles. The Morgan fingerprint density at radius 3 is 1.69 bits per heavy atom. The van der Waals surface area contributed by atoms with Crippen LogP contribution in [0.15, 0.2) is 188 Å². The number of rotatable bonds is 6. The van der Waals surface area contributed by atoms with Crippen LogP contribution in [-0.2, 0) is 0 Å². The lowest BCUT2D eigenvalue weighted by Gasteiger charge is -2.17. The van der Waals surface area contributed by atoms with Gasteiger partial charge in [-0.15, -0.1) is 11.3 Å². The quantitative estimate of drug-likeness (QED) is 0.159. The van der Waals surface area contributed by atoms with E-state index in [1.165, 1.54) is 20.2 Å². The van der Waals surface area contributed by atoms with Crippen LogP contribution in [-0.4, -0.2) is 19.5 Å². The Balaban J connectivity index is 1.20. The van der Waals surface area contributed by atoms with Gasteiger partial charge < -0.3 is 4.57 Å². The van der Waals surface area contributed by atoms with Crippen LogP contribution in [0, 0.1) is 6.57 Å². The van der Waals surface area contributed by atoms with Crippen LogP contribution in [0.25, 0.3) is 109 Å². The minimum atomic E-state index is 0.587. The molecule has 0 saturated carbocycles. The normalized spacial score (nSPS) is 11.4. The summed E-state index contributed by atoms with van der Waals surface area (Å²) in [6, 6.07) is 65.4. The molecule has 0 unspecified atom stereocenters. The highest BCUT2D eigenvalue weighted by atomic mass is 32.1. The molecular weight excluding hydrogens is 727 g/mol. The van der Waals surface area contributed by atoms with E-state index in [0.29, 0.717) is 23.2 Å². The number of fused-ring (bicyclic) bond motifs is 6. The number of hydrogen-bond acceptors (Lipinski definition) is 4. The van der Waals surface area contributed by atoms with Crippen molar-refractivity contribution in [3.63, 3.8) is 0 Å². The molecule has 0 bridgehead atoms. The molecule has 0 spiro atoms. The largest absolute Gasteiger partial charge is 0.308 e. The number of hydrogen-bond donors (Lipinski definition) is 0. The van der Waals surface area contributed by atoms with Gasteiger partial charge in [0.1, 0.15) is 0 Å². The maximum atomic E-state index is 7.47. The fourth-order valence-electron chi connectivity index (χ4n) is 8.06. The predicted molar refractivity (Wildman–Crippen MR) is 240 cm³/mol. The van der Waals surface area contributed by atoms with Crippen molar-refractivity contribution in [2.24, 2.45) is 0 Å². The van der Waals surface area contributed by atoms with Crippen LogP contribution in [0.3, 0.4) is 0 Å². The van der Waals surface area contributed by atoms with Crippen molar-refractivity contribution in [3.05, 3.63) is 199 Å². The van der Waals surface area contributed by atoms with E-state index in [4.69, 9.17) is 21.5 Å². The van der Waals surface area contributed by atoms with Crippen molar-refractivity contribution in [1.29, 1.82) is 0 Å². The lowest BCUT2D eigenvalue weighted by Crippen LogP contribution is -2.04. The summed E-state index contributed by atoms with van der Waals surface area (Å²) in [7, 11) is 0. The number of thiophene rings is 1. The van der Waals surface area contributed by atoms with Gasteiger partial charge >= 0.3 is 0 Å². The number of nitrogens with zero attached hydrogens (tertiary/aromatic N) is 5. The predicted octanol–water partition coefficient (Wildman–Crippen LogP) is 14.2. The molecule has 3 heterocycles. The van der Waals surface area contributed by atoms with Crippen LogP contribution >= 0.6 is 11.3 Å². The Bertz CT molecular complexity index is 3340. The molecule has 3 aromatic heterocycles. The lowest BCUT2D eigenvalue weighted by atomic mass is 9.99. The van der Waals surface area contributed by atoms with Crippen LogP contribution < -0.4 is 0 Å². The molecule has 0 radical (unpaired) electrons. The van der Waals surface area contributed by atoms with Crippen molar-refractivity contribution in [1.82, 2.24) is 19.5 Å². The van der Waals surface area contributed by atoms with E-state index in [1.54, 1.807) is 0 Å². The third kappa shape index (κ3) is 5.73. The number of para-hydroxylation sites is 1. The second kappa shape index (κ2) is 13.8. The summed E-state index contributed by atoms with van der Waals surface area (Å²) in [5.74, 6) is 1.81. The van der Waals surface area contributed by atoms with Crippen LogP contribution in [0.1, 0.15) is 0 Å². The van der Waals surface area contributed by atoms with E-state index >= 15 is 0 Å². The highest BCUT2D eigenvalue weighted by molar-refractivity contribution is 7.25. The average molecular weight is 758 g/mol. The van der Waals surface area contributed by atoms with Crippen molar-refractivity contribution in [3.8, 4) is 62.1 Å². The molecule has 0 amide bonds. The summed E-state index contributed by atoms with van der Waals surface area (Å²) in [4.78, 5) is 19.2. The molecule has 8 aromatic carbocycles. The summed E-state index contributed by atoms with van der Waals surface area (Å²) in [5.41, 5.74) is 10.8. The molecule has 11 rings (SSSR count). The number of aromatic nitrogens is 4. The first-order chi connectivity index (χ1) is 28.7. The van der Waals surface area contributed by atoms with Gasteiger partial charge in [0.15, 0.2) is 23.2 Å². The Hall–Kier alpha value is -7.72. The first-order valence-electron chi connectivity index (χ1n) is 19.1. The second-order valence-corrected chi connectivity index (χ2v) is 15.4. The van der Waals surface area contributed by atoms with Gasteiger partial charge in [-0.2, -0.15) is 0 Å². The summed E-state index contributed by atoms with van der Waals surface area (Å²) in [5, 5.41) is 4.82. The molecular formula is C52H31N5S. The van der Waals surface area contributed by atoms with Gasteiger partial charge in [-0.05, 0) is 64.7 Å². The SMILES string of the molecule is [C-]#[N+]c1ccc(-c2ccc3c4ccccc4n(-c4ccc(-c5ccc6sc7ccccc7c6c5)cc4-c4nc(-c5ccccc5)nc(-c5ccccc5)n4)c3c2)cc1. The smallest absolute Gasteiger partial charge is 0.187 e. The van der Waals surface area contributed by atoms with Gasteiger partial charge in [-0.25, -0.2) is 19.8 Å². The molecule has 0 N–H and O–H groups in total. The van der Waals surface area contributed by atoms with E-state index in [-0.39, 0.29) is 0 Å². The topological polar surface area (TPSA) is 48.0 Å². The molecule has 270 valence electrons. The van der Waals surface area contributed by atoms with Crippen LogP contribution in [0.5, 0.6) is 0 Å². The summed E-state index contributed by atoms with van der Waals surface area (Å²) >= 11 is 1.83. The summed E-state index contributed by atoms with van der Waals surface area (Å²) < 4.78 is 4.90. The average Bonchev–Trinajstić information content (AvgIpc) is 3.84. The van der Waals surface area contributed by atoms with Gasteiger partial charge in [0.2, 0.25) is 0 Å². The molecule has 5 nitrogen and oxygen atoms in total. The monoisotopic (exact) mass is 757 g/mol. The molecule has 6 heteroatoms. The van der Waals surface area contributed by atoms with Gasteiger partial charge in [0, 0.05) is 47.6 Å². The Morgan fingerprint density at radius 1 is 0.397 bits per heavy atom. The minimum Gasteiger partial charge on any atom is -0.308 e. The molecule has 0 aliphatic rings.